The summed E-state index contributed by atoms with van der Waals surface area (Å²) in [6.07, 6.45) is -2.56. The smallest absolute Gasteiger partial charge is 0.287 e. The molecule has 0 radical (unpaired) electrons. The molecule has 5 atom stereocenters. The summed E-state index contributed by atoms with van der Waals surface area (Å²) in [4.78, 5) is 12.3. The highest BCUT2D eigenvalue weighted by Crippen LogP contribution is 2.43. The number of nitrogens with zero attached hydrogens (tertiary/aromatic N) is 1. The highest BCUT2D eigenvalue weighted by atomic mass is 16.9. The van der Waals surface area contributed by atoms with Crippen LogP contribution in [0.25, 0.3) is 0 Å². The zero-order valence-electron chi connectivity index (χ0n) is 15.9. The minimum absolute atomic E-state index is 0.0860. The van der Waals surface area contributed by atoms with Crippen LogP contribution in [0.4, 0.5) is 5.88 Å². The van der Waals surface area contributed by atoms with Gasteiger partial charge in [-0.3, -0.25) is 15.2 Å². The van der Waals surface area contributed by atoms with E-state index in [1.165, 1.54) is 12.1 Å². The van der Waals surface area contributed by atoms with Crippen LogP contribution in [0.1, 0.15) is 38.2 Å². The largest absolute Gasteiger partial charge is 0.731 e. The molecular weight excluding hydrogens is 376 g/mol. The lowest BCUT2D eigenvalue weighted by molar-refractivity contribution is -0.232. The van der Waals surface area contributed by atoms with Crippen molar-refractivity contribution in [2.45, 2.75) is 70.0 Å². The molecule has 4 rings (SSSR count). The molecule has 11 nitrogen and oxygen atoms in total. The monoisotopic (exact) mass is 399 g/mol. The first-order valence-corrected chi connectivity index (χ1v) is 8.96. The summed E-state index contributed by atoms with van der Waals surface area (Å²) < 4.78 is 34.7. The first-order chi connectivity index (χ1) is 13.0. The Kier molecular flexibility index (Phi) is 4.66. The van der Waals surface area contributed by atoms with E-state index < -0.39 is 59.3 Å². The molecule has 11 heteroatoms. The van der Waals surface area contributed by atoms with Gasteiger partial charge in [-0.05, 0) is 33.8 Å². The average molecular weight is 399 g/mol. The first kappa shape index (κ1) is 19.6. The van der Waals surface area contributed by atoms with Crippen molar-refractivity contribution in [2.75, 3.05) is 11.8 Å². The zero-order valence-corrected chi connectivity index (χ0v) is 15.9. The molecule has 0 aliphatic carbocycles. The molecule has 0 bridgehead atoms. The molecule has 1 aromatic rings. The maximum atomic E-state index is 12.3. The Bertz CT molecular complexity index is 747. The summed E-state index contributed by atoms with van der Waals surface area (Å²) in [5, 5.41) is 21.8. The number of hydrogen-bond acceptors (Lipinski definition) is 10. The van der Waals surface area contributed by atoms with Gasteiger partial charge < -0.3 is 38.6 Å². The molecule has 1 aromatic heterocycles. The lowest BCUT2D eigenvalue weighted by atomic mass is 9.99. The SMILES string of the molecule is CC1(C)O[C@@H]2[C@@H](O1)[C@@H](CNC(=O)c1ccc(N([O-])O)o1)O[C@@H]1OC(C)(C)O[C@@H]12. The summed E-state index contributed by atoms with van der Waals surface area (Å²) in [7, 11) is 0. The molecule has 28 heavy (non-hydrogen) atoms. The third-order valence-electron chi connectivity index (χ3n) is 4.72. The maximum Gasteiger partial charge on any atom is 0.287 e. The fourth-order valence-electron chi connectivity index (χ4n) is 3.69. The fraction of sp³-hybridized carbons (Fsp3) is 0.706. The fourth-order valence-corrected chi connectivity index (χ4v) is 3.69. The molecule has 3 saturated heterocycles. The minimum Gasteiger partial charge on any atom is -0.731 e. The van der Waals surface area contributed by atoms with Crippen LogP contribution in [0.2, 0.25) is 0 Å². The normalized spacial score (nSPS) is 35.3. The maximum absolute atomic E-state index is 12.3. The van der Waals surface area contributed by atoms with Crippen LogP contribution >= 0.6 is 0 Å². The van der Waals surface area contributed by atoms with Gasteiger partial charge in [-0.15, -0.1) is 0 Å². The van der Waals surface area contributed by atoms with E-state index in [2.05, 4.69) is 5.32 Å². The van der Waals surface area contributed by atoms with E-state index in [0.717, 1.165) is 0 Å². The Labute approximate surface area is 160 Å². The van der Waals surface area contributed by atoms with Gasteiger partial charge in [-0.25, -0.2) is 0 Å². The van der Waals surface area contributed by atoms with Gasteiger partial charge in [0.05, 0.1) is 0 Å². The van der Waals surface area contributed by atoms with Crippen molar-refractivity contribution in [1.82, 2.24) is 5.32 Å². The molecule has 0 aromatic carbocycles. The number of furan rings is 1. The van der Waals surface area contributed by atoms with Crippen molar-refractivity contribution in [3.63, 3.8) is 0 Å². The predicted octanol–water partition coefficient (Wildman–Crippen LogP) is 1.10. The number of carbonyl (C=O) groups excluding carboxylic acids is 1. The molecule has 3 aliphatic heterocycles. The minimum atomic E-state index is -0.833. The standard InChI is InChI=1S/C17H23N2O9/c1-16(2)25-11-9(7-18-14(20)8-5-6-10(23-8)19(21)22)24-15-13(12(11)26-16)27-17(3,4)28-15/h5-6,9,11-13,15,21H,7H2,1-4H3,(H,18,20)/q-1/t9-,11+,12-,13-,15-/m1/s1. The molecule has 0 spiro atoms. The van der Waals surface area contributed by atoms with Crippen molar-refractivity contribution in [3.8, 4) is 0 Å². The topological polar surface area (TPSA) is 135 Å². The molecule has 156 valence electrons. The predicted molar refractivity (Wildman–Crippen MR) is 91.2 cm³/mol. The van der Waals surface area contributed by atoms with Crippen LogP contribution in [0.5, 0.6) is 0 Å². The molecular formula is C17H23N2O9-. The third kappa shape index (κ3) is 3.62. The van der Waals surface area contributed by atoms with E-state index in [9.17, 15) is 10.0 Å². The molecule has 0 unspecified atom stereocenters. The van der Waals surface area contributed by atoms with Gasteiger partial charge in [0.25, 0.3) is 5.91 Å². The molecule has 2 N–H and O–H groups in total. The number of ether oxygens (including phenoxy) is 5. The Morgan fingerprint density at radius 3 is 2.43 bits per heavy atom. The van der Waals surface area contributed by atoms with Crippen LogP contribution in [0, 0.1) is 5.21 Å². The summed E-state index contributed by atoms with van der Waals surface area (Å²) in [6.45, 7) is 7.26. The van der Waals surface area contributed by atoms with Gasteiger partial charge in [0.15, 0.2) is 23.6 Å². The molecule has 1 amide bonds. The number of carbonyl (C=O) groups is 1. The second-order valence-corrected chi connectivity index (χ2v) is 7.83. The summed E-state index contributed by atoms with van der Waals surface area (Å²) in [6, 6.07) is 2.46. The number of amides is 1. The Morgan fingerprint density at radius 2 is 1.75 bits per heavy atom. The molecule has 4 heterocycles. The average Bonchev–Trinajstić information content (AvgIpc) is 3.25. The highest BCUT2D eigenvalue weighted by molar-refractivity contribution is 5.91. The van der Waals surface area contributed by atoms with Gasteiger partial charge in [0.1, 0.15) is 24.4 Å². The van der Waals surface area contributed by atoms with E-state index in [4.69, 9.17) is 33.3 Å². The quantitative estimate of drug-likeness (QED) is 0.709. The second-order valence-electron chi connectivity index (χ2n) is 7.83. The van der Waals surface area contributed by atoms with Crippen LogP contribution in [0.15, 0.2) is 16.5 Å². The van der Waals surface area contributed by atoms with Crippen molar-refractivity contribution in [1.29, 1.82) is 0 Å². The Hall–Kier alpha value is -1.73. The Morgan fingerprint density at radius 1 is 1.11 bits per heavy atom. The lowest BCUT2D eigenvalue weighted by Gasteiger charge is -2.37. The number of hydrogen-bond donors (Lipinski definition) is 2. The highest BCUT2D eigenvalue weighted by Gasteiger charge is 2.60. The van der Waals surface area contributed by atoms with Gasteiger partial charge in [0.2, 0.25) is 5.88 Å². The Balaban J connectivity index is 1.45. The van der Waals surface area contributed by atoms with Crippen LogP contribution in [-0.2, 0) is 23.7 Å². The van der Waals surface area contributed by atoms with Crippen molar-refractivity contribution in [3.05, 3.63) is 23.1 Å². The van der Waals surface area contributed by atoms with Crippen LogP contribution < -0.4 is 10.5 Å². The summed E-state index contributed by atoms with van der Waals surface area (Å²) in [5.41, 5.74) is 0. The van der Waals surface area contributed by atoms with Crippen LogP contribution in [-0.4, -0.2) is 59.9 Å². The van der Waals surface area contributed by atoms with E-state index in [1.807, 2.05) is 0 Å². The molecule has 0 saturated carbocycles. The molecule has 3 fully saturated rings. The van der Waals surface area contributed by atoms with Gasteiger partial charge in [-0.2, -0.15) is 0 Å². The van der Waals surface area contributed by atoms with Crippen molar-refractivity contribution >= 4 is 11.8 Å². The van der Waals surface area contributed by atoms with Gasteiger partial charge in [0, 0.05) is 12.6 Å². The van der Waals surface area contributed by atoms with Crippen LogP contribution in [0.3, 0.4) is 0 Å². The van der Waals surface area contributed by atoms with E-state index >= 15 is 0 Å². The van der Waals surface area contributed by atoms with Crippen molar-refractivity contribution < 1.29 is 38.1 Å². The third-order valence-corrected chi connectivity index (χ3v) is 4.72. The van der Waals surface area contributed by atoms with Gasteiger partial charge in [-0.1, -0.05) is 0 Å². The number of nitrogens with one attached hydrogen (secondary N) is 1. The van der Waals surface area contributed by atoms with Crippen molar-refractivity contribution in [2.24, 2.45) is 0 Å². The number of rotatable bonds is 4. The number of anilines is 1. The zero-order chi connectivity index (χ0) is 20.3. The first-order valence-electron chi connectivity index (χ1n) is 8.96. The summed E-state index contributed by atoms with van der Waals surface area (Å²) in [5.74, 6) is -2.75. The second kappa shape index (κ2) is 6.66. The number of fused-ring (bicyclic) bond motifs is 3. The van der Waals surface area contributed by atoms with E-state index in [-0.39, 0.29) is 12.3 Å². The van der Waals surface area contributed by atoms with Gasteiger partial charge >= 0.3 is 0 Å². The van der Waals surface area contributed by atoms with E-state index in [0.29, 0.717) is 0 Å². The summed E-state index contributed by atoms with van der Waals surface area (Å²) >= 11 is 0. The molecule has 3 aliphatic rings. The lowest BCUT2D eigenvalue weighted by Crippen LogP contribution is -2.57. The van der Waals surface area contributed by atoms with E-state index in [1.54, 1.807) is 27.7 Å².